The zero-order valence-corrected chi connectivity index (χ0v) is 27.7. The van der Waals surface area contributed by atoms with Gasteiger partial charge in [0.15, 0.2) is 5.78 Å². The Hall–Kier alpha value is -5.36. The highest BCUT2D eigenvalue weighted by atomic mass is 19.1. The van der Waals surface area contributed by atoms with E-state index in [-0.39, 0.29) is 24.6 Å². The molecule has 0 saturated carbocycles. The Morgan fingerprint density at radius 3 is 2.48 bits per heavy atom. The third kappa shape index (κ3) is 5.72. The van der Waals surface area contributed by atoms with Crippen molar-refractivity contribution in [2.24, 2.45) is 7.05 Å². The number of benzene rings is 3. The molecular formula is C36H37F2N7O3. The molecule has 1 aliphatic rings. The summed E-state index contributed by atoms with van der Waals surface area (Å²) in [6.07, 6.45) is 4.30. The SMILES string of the molecule is Cc1cc2c(nc(C)n2C)c2c1-c1cccc3c(C(=O)c4cc(F)c(NC(=O)/C=C/CNCC(=O)N(C)C)c(F)c4)cn(c13)CCN2C. The number of rotatable bonds is 8. The largest absolute Gasteiger partial charge is 0.370 e. The number of carbonyl (C=O) groups excluding carboxylic acids is 3. The van der Waals surface area contributed by atoms with Gasteiger partial charge in [-0.1, -0.05) is 24.3 Å². The zero-order valence-electron chi connectivity index (χ0n) is 27.7. The molecule has 3 aromatic carbocycles. The number of aryl methyl sites for hydroxylation is 3. The maximum absolute atomic E-state index is 15.2. The van der Waals surface area contributed by atoms with E-state index in [2.05, 4.69) is 33.1 Å². The van der Waals surface area contributed by atoms with Gasteiger partial charge in [-0.15, -0.1) is 0 Å². The molecule has 12 heteroatoms. The first-order valence-electron chi connectivity index (χ1n) is 15.6. The molecule has 2 aromatic heterocycles. The quantitative estimate of drug-likeness (QED) is 0.140. The number of anilines is 2. The maximum Gasteiger partial charge on any atom is 0.248 e. The monoisotopic (exact) mass is 653 g/mol. The second-order valence-corrected chi connectivity index (χ2v) is 12.3. The van der Waals surface area contributed by atoms with E-state index in [4.69, 9.17) is 4.98 Å². The van der Waals surface area contributed by atoms with Crippen LogP contribution in [0.2, 0.25) is 0 Å². The van der Waals surface area contributed by atoms with Crippen molar-refractivity contribution in [1.82, 2.24) is 24.3 Å². The van der Waals surface area contributed by atoms with Crippen LogP contribution in [0.15, 0.2) is 54.7 Å². The van der Waals surface area contributed by atoms with Gasteiger partial charge in [-0.05, 0) is 37.6 Å². The number of ketones is 1. The summed E-state index contributed by atoms with van der Waals surface area (Å²) in [7, 11) is 7.30. The number of nitrogens with zero attached hydrogens (tertiary/aromatic N) is 5. The fourth-order valence-corrected chi connectivity index (χ4v) is 6.28. The van der Waals surface area contributed by atoms with Gasteiger partial charge in [-0.3, -0.25) is 14.4 Å². The van der Waals surface area contributed by atoms with Gasteiger partial charge in [-0.2, -0.15) is 0 Å². The second-order valence-electron chi connectivity index (χ2n) is 12.3. The summed E-state index contributed by atoms with van der Waals surface area (Å²) in [6, 6.07) is 9.79. The lowest BCUT2D eigenvalue weighted by molar-refractivity contribution is -0.127. The highest BCUT2D eigenvalue weighted by Gasteiger charge is 2.27. The maximum atomic E-state index is 15.2. The minimum Gasteiger partial charge on any atom is -0.370 e. The van der Waals surface area contributed by atoms with Crippen LogP contribution < -0.4 is 15.5 Å². The summed E-state index contributed by atoms with van der Waals surface area (Å²) in [5.74, 6) is -2.66. The third-order valence-electron chi connectivity index (χ3n) is 8.90. The van der Waals surface area contributed by atoms with Crippen molar-refractivity contribution >= 4 is 50.9 Å². The number of fused-ring (bicyclic) bond motifs is 4. The summed E-state index contributed by atoms with van der Waals surface area (Å²) in [5, 5.41) is 5.73. The minimum atomic E-state index is -1.07. The molecule has 0 bridgehead atoms. The van der Waals surface area contributed by atoms with Crippen molar-refractivity contribution in [2.75, 3.05) is 51.0 Å². The van der Waals surface area contributed by atoms with Gasteiger partial charge < -0.3 is 29.6 Å². The average Bonchev–Trinajstić information content (AvgIpc) is 3.55. The second kappa shape index (κ2) is 12.7. The van der Waals surface area contributed by atoms with E-state index in [1.54, 1.807) is 20.3 Å². The number of nitrogens with one attached hydrogen (secondary N) is 2. The first kappa shape index (κ1) is 32.6. The van der Waals surface area contributed by atoms with E-state index in [0.717, 1.165) is 63.0 Å². The number of carbonyl (C=O) groups is 3. The topological polar surface area (TPSA) is 104 Å². The fraction of sp³-hybridized carbons (Fsp3) is 0.278. The highest BCUT2D eigenvalue weighted by Crippen LogP contribution is 2.44. The molecule has 10 nitrogen and oxygen atoms in total. The van der Waals surface area contributed by atoms with Gasteiger partial charge in [-0.25, -0.2) is 13.8 Å². The molecular weight excluding hydrogens is 616 g/mol. The first-order valence-corrected chi connectivity index (χ1v) is 15.6. The van der Waals surface area contributed by atoms with Gasteiger partial charge in [0.1, 0.15) is 28.7 Å². The van der Waals surface area contributed by atoms with Gasteiger partial charge in [0.05, 0.1) is 23.3 Å². The Balaban J connectivity index is 1.31. The molecule has 0 atom stereocenters. The molecule has 0 radical (unpaired) electrons. The average molecular weight is 654 g/mol. The zero-order chi connectivity index (χ0) is 34.4. The van der Waals surface area contributed by atoms with E-state index in [1.165, 1.54) is 11.0 Å². The Morgan fingerprint density at radius 2 is 1.77 bits per heavy atom. The number of likely N-dealkylation sites (N-methyl/N-ethyl adjacent to an activating group) is 2. The van der Waals surface area contributed by atoms with Crippen LogP contribution in [0.1, 0.15) is 27.3 Å². The molecule has 0 aliphatic carbocycles. The van der Waals surface area contributed by atoms with Crippen molar-refractivity contribution in [1.29, 1.82) is 0 Å². The van der Waals surface area contributed by atoms with Crippen molar-refractivity contribution in [3.63, 3.8) is 0 Å². The third-order valence-corrected chi connectivity index (χ3v) is 8.90. The lowest BCUT2D eigenvalue weighted by Gasteiger charge is -2.28. The highest BCUT2D eigenvalue weighted by molar-refractivity contribution is 6.19. The lowest BCUT2D eigenvalue weighted by Crippen LogP contribution is -2.33. The smallest absolute Gasteiger partial charge is 0.248 e. The van der Waals surface area contributed by atoms with Gasteiger partial charge in [0.2, 0.25) is 11.8 Å². The molecule has 5 aromatic rings. The van der Waals surface area contributed by atoms with Crippen molar-refractivity contribution in [2.45, 2.75) is 20.4 Å². The molecule has 2 amide bonds. The van der Waals surface area contributed by atoms with Crippen LogP contribution in [0, 0.1) is 25.5 Å². The van der Waals surface area contributed by atoms with E-state index in [0.29, 0.717) is 24.0 Å². The molecule has 1 aliphatic heterocycles. The molecule has 0 spiro atoms. The Kier molecular flexibility index (Phi) is 8.61. The van der Waals surface area contributed by atoms with Crippen LogP contribution in [-0.4, -0.2) is 77.4 Å². The molecule has 3 heterocycles. The van der Waals surface area contributed by atoms with Gasteiger partial charge in [0.25, 0.3) is 0 Å². The Bertz CT molecular complexity index is 2140. The molecule has 2 N–H and O–H groups in total. The number of halogens is 2. The molecule has 48 heavy (non-hydrogen) atoms. The summed E-state index contributed by atoms with van der Waals surface area (Å²) >= 11 is 0. The number of para-hydroxylation sites is 1. The van der Waals surface area contributed by atoms with Crippen LogP contribution in [0.25, 0.3) is 33.1 Å². The molecule has 0 fully saturated rings. The number of hydrogen-bond acceptors (Lipinski definition) is 6. The number of hydrogen-bond donors (Lipinski definition) is 2. The number of aromatic nitrogens is 3. The fourth-order valence-electron chi connectivity index (χ4n) is 6.28. The first-order chi connectivity index (χ1) is 22.9. The number of amides is 2. The summed E-state index contributed by atoms with van der Waals surface area (Å²) < 4.78 is 34.6. The summed E-state index contributed by atoms with van der Waals surface area (Å²) in [5.41, 5.74) is 6.36. The standard InChI is InChI=1S/C36H37F2N7O3/c1-20-15-28-33(40-21(2)44(28)6)35-31(20)24-10-7-9-23-25(19-45(34(23)24)14-13-43(35)5)36(48)22-16-26(37)32(27(38)17-22)41-29(46)11-8-12-39-18-30(47)42(3)4/h7-11,15-17,19,39H,12-14,18H2,1-6H3,(H,41,46)/b11-8+. The summed E-state index contributed by atoms with van der Waals surface area (Å²) in [4.78, 5) is 46.4. The van der Waals surface area contributed by atoms with E-state index in [1.807, 2.05) is 43.8 Å². The Morgan fingerprint density at radius 1 is 1.04 bits per heavy atom. The van der Waals surface area contributed by atoms with E-state index in [9.17, 15) is 14.4 Å². The minimum absolute atomic E-state index is 0.0794. The summed E-state index contributed by atoms with van der Waals surface area (Å²) in [6.45, 7) is 5.55. The predicted octanol–water partition coefficient (Wildman–Crippen LogP) is 4.94. The number of imidazole rings is 1. The van der Waals surface area contributed by atoms with Crippen LogP contribution in [0.4, 0.5) is 20.2 Å². The molecule has 0 unspecified atom stereocenters. The van der Waals surface area contributed by atoms with Gasteiger partial charge in [0, 0.05) is 87.7 Å². The van der Waals surface area contributed by atoms with Crippen LogP contribution >= 0.6 is 0 Å². The van der Waals surface area contributed by atoms with Crippen LogP contribution in [-0.2, 0) is 23.2 Å². The molecule has 248 valence electrons. The normalized spacial score (nSPS) is 12.8. The van der Waals surface area contributed by atoms with Crippen molar-refractivity contribution in [3.05, 3.63) is 88.9 Å². The van der Waals surface area contributed by atoms with E-state index >= 15 is 8.78 Å². The van der Waals surface area contributed by atoms with Crippen LogP contribution in [0.3, 0.4) is 0 Å². The Labute approximate surface area is 276 Å². The van der Waals surface area contributed by atoms with Crippen LogP contribution in [0.5, 0.6) is 0 Å². The van der Waals surface area contributed by atoms with E-state index < -0.39 is 29.0 Å². The lowest BCUT2D eigenvalue weighted by atomic mass is 9.93. The molecule has 6 rings (SSSR count). The molecule has 0 saturated heterocycles. The van der Waals surface area contributed by atoms with Gasteiger partial charge >= 0.3 is 0 Å². The predicted molar refractivity (Wildman–Crippen MR) is 184 cm³/mol. The van der Waals surface area contributed by atoms with Crippen molar-refractivity contribution < 1.29 is 23.2 Å². The van der Waals surface area contributed by atoms with Crippen molar-refractivity contribution in [3.8, 4) is 11.1 Å².